The monoisotopic (exact) mass is 573 g/mol. The van der Waals surface area contributed by atoms with Crippen molar-refractivity contribution in [2.75, 3.05) is 48.5 Å². The van der Waals surface area contributed by atoms with Gasteiger partial charge in [0.2, 0.25) is 17.8 Å². The van der Waals surface area contributed by atoms with Crippen molar-refractivity contribution in [1.29, 1.82) is 0 Å². The summed E-state index contributed by atoms with van der Waals surface area (Å²) in [5.41, 5.74) is 3.54. The first-order valence-corrected chi connectivity index (χ1v) is 16.0. The Hall–Kier alpha value is -3.43. The fourth-order valence-electron chi connectivity index (χ4n) is 8.46. The summed E-state index contributed by atoms with van der Waals surface area (Å²) < 4.78 is 11.7. The largest absolute Gasteiger partial charge is 0.493 e. The van der Waals surface area contributed by atoms with Gasteiger partial charge in [0.1, 0.15) is 0 Å². The van der Waals surface area contributed by atoms with Crippen molar-refractivity contribution < 1.29 is 14.3 Å². The molecule has 0 spiro atoms. The van der Waals surface area contributed by atoms with E-state index < -0.39 is 0 Å². The maximum Gasteiger partial charge on any atom is 0.317 e. The van der Waals surface area contributed by atoms with Crippen LogP contribution < -0.4 is 24.7 Å². The maximum absolute atomic E-state index is 13.5. The van der Waals surface area contributed by atoms with Crippen LogP contribution >= 0.6 is 0 Å². The number of carbonyl (C=O) groups excluding carboxylic acids is 1. The highest BCUT2D eigenvalue weighted by molar-refractivity contribution is 5.83. The Morgan fingerprint density at radius 1 is 0.857 bits per heavy atom. The highest BCUT2D eigenvalue weighted by Gasteiger charge is 2.55. The van der Waals surface area contributed by atoms with Crippen LogP contribution in [0.25, 0.3) is 0 Å². The van der Waals surface area contributed by atoms with Gasteiger partial charge in [0.25, 0.3) is 0 Å². The second-order valence-electron chi connectivity index (χ2n) is 13.2. The quantitative estimate of drug-likeness (QED) is 0.192. The number of hydrazone groups is 1. The molecular weight excluding hydrogens is 530 g/mol. The molecule has 6 fully saturated rings. The minimum Gasteiger partial charge on any atom is -0.493 e. The number of methoxy groups -OCH3 is 1. The molecule has 42 heavy (non-hydrogen) atoms. The van der Waals surface area contributed by atoms with Crippen LogP contribution in [0.1, 0.15) is 82.6 Å². The minimum atomic E-state index is -0.311. The molecule has 2 aromatic rings. The SMILES string of the molecule is COc1cc(/C=N\Nc2nc(N3CCCCC3)nc(N3CCCCC3)n2)ccc1OC(=O)C12CC3CC(CC(C3)C1)C2. The topological polar surface area (TPSA) is 105 Å². The summed E-state index contributed by atoms with van der Waals surface area (Å²) in [5, 5.41) is 4.45. The molecular formula is C32H43N7O3. The van der Waals surface area contributed by atoms with Gasteiger partial charge < -0.3 is 19.3 Å². The van der Waals surface area contributed by atoms with Crippen molar-refractivity contribution in [3.05, 3.63) is 23.8 Å². The number of benzene rings is 1. The third-order valence-corrected chi connectivity index (χ3v) is 10.1. The summed E-state index contributed by atoms with van der Waals surface area (Å²) in [4.78, 5) is 32.3. The van der Waals surface area contributed by atoms with Crippen molar-refractivity contribution in [2.24, 2.45) is 28.3 Å². The number of carbonyl (C=O) groups is 1. The second kappa shape index (κ2) is 11.7. The van der Waals surface area contributed by atoms with Gasteiger partial charge in [-0.25, -0.2) is 5.43 Å². The number of aromatic nitrogens is 3. The van der Waals surface area contributed by atoms with Gasteiger partial charge in [0.05, 0.1) is 18.7 Å². The van der Waals surface area contributed by atoms with Gasteiger partial charge in [-0.1, -0.05) is 0 Å². The van der Waals surface area contributed by atoms with Crippen LogP contribution in [0.2, 0.25) is 0 Å². The second-order valence-corrected chi connectivity index (χ2v) is 13.2. The first-order valence-electron chi connectivity index (χ1n) is 16.0. The van der Waals surface area contributed by atoms with Gasteiger partial charge in [-0.05, 0) is 119 Å². The molecule has 3 heterocycles. The molecule has 2 saturated heterocycles. The van der Waals surface area contributed by atoms with Crippen LogP contribution in [0.3, 0.4) is 0 Å². The minimum absolute atomic E-state index is 0.0770. The van der Waals surface area contributed by atoms with E-state index in [-0.39, 0.29) is 11.4 Å². The number of anilines is 3. The van der Waals surface area contributed by atoms with E-state index in [1.807, 2.05) is 18.2 Å². The first-order chi connectivity index (χ1) is 20.6. The molecule has 8 rings (SSSR count). The Labute approximate surface area is 248 Å². The predicted molar refractivity (Wildman–Crippen MR) is 162 cm³/mol. The molecule has 4 aliphatic carbocycles. The van der Waals surface area contributed by atoms with Crippen molar-refractivity contribution in [1.82, 2.24) is 15.0 Å². The lowest BCUT2D eigenvalue weighted by molar-refractivity contribution is -0.161. The van der Waals surface area contributed by atoms with E-state index in [2.05, 4.69) is 20.3 Å². The fourth-order valence-corrected chi connectivity index (χ4v) is 8.46. The van der Waals surface area contributed by atoms with Gasteiger partial charge in [-0.2, -0.15) is 20.1 Å². The summed E-state index contributed by atoms with van der Waals surface area (Å²) in [5.74, 6) is 4.86. The van der Waals surface area contributed by atoms with Crippen LogP contribution in [-0.2, 0) is 4.79 Å². The number of hydrogen-bond donors (Lipinski definition) is 1. The Balaban J connectivity index is 1.05. The van der Waals surface area contributed by atoms with Crippen LogP contribution in [0.15, 0.2) is 23.3 Å². The molecule has 0 atom stereocenters. The Kier molecular flexibility index (Phi) is 7.63. The van der Waals surface area contributed by atoms with Gasteiger partial charge in [-0.15, -0.1) is 0 Å². The molecule has 10 heteroatoms. The highest BCUT2D eigenvalue weighted by atomic mass is 16.6. The molecule has 6 aliphatic rings. The molecule has 1 aromatic heterocycles. The smallest absolute Gasteiger partial charge is 0.317 e. The van der Waals surface area contributed by atoms with Crippen molar-refractivity contribution in [3.63, 3.8) is 0 Å². The summed E-state index contributed by atoms with van der Waals surface area (Å²) in [6.07, 6.45) is 15.6. The number of rotatable bonds is 8. The average molecular weight is 574 g/mol. The molecule has 224 valence electrons. The zero-order chi connectivity index (χ0) is 28.5. The standard InChI is InChI=1S/C32H43N7O3/c1-41-27-17-22(8-9-26(27)42-28(40)32-18-23-14-24(19-32)16-25(15-23)20-32)21-33-37-29-34-30(38-10-4-2-5-11-38)36-31(35-29)39-12-6-3-7-13-39/h8-9,17,21,23-25H,2-7,10-16,18-20H2,1H3,(H,34,35,36,37)/b33-21-. The molecule has 10 nitrogen and oxygen atoms in total. The van der Waals surface area contributed by atoms with Crippen molar-refractivity contribution in [3.8, 4) is 11.5 Å². The van der Waals surface area contributed by atoms with Crippen molar-refractivity contribution in [2.45, 2.75) is 77.0 Å². The van der Waals surface area contributed by atoms with Crippen LogP contribution in [-0.4, -0.2) is 60.4 Å². The summed E-state index contributed by atoms with van der Waals surface area (Å²) >= 11 is 0. The van der Waals surface area contributed by atoms with Crippen molar-refractivity contribution >= 4 is 30.0 Å². The van der Waals surface area contributed by atoms with Gasteiger partial charge in [-0.3, -0.25) is 4.79 Å². The molecule has 0 unspecified atom stereocenters. The molecule has 0 amide bonds. The number of esters is 1. The molecule has 1 N–H and O–H groups in total. The third kappa shape index (κ3) is 5.64. The van der Waals surface area contributed by atoms with E-state index in [1.165, 1.54) is 32.1 Å². The van der Waals surface area contributed by atoms with E-state index in [1.54, 1.807) is 13.3 Å². The van der Waals surface area contributed by atoms with E-state index in [4.69, 9.17) is 24.4 Å². The van der Waals surface area contributed by atoms with E-state index in [9.17, 15) is 4.79 Å². The number of nitrogens with zero attached hydrogens (tertiary/aromatic N) is 6. The van der Waals surface area contributed by atoms with Crippen LogP contribution in [0, 0.1) is 23.2 Å². The Morgan fingerprint density at radius 3 is 1.98 bits per heavy atom. The predicted octanol–water partition coefficient (Wildman–Crippen LogP) is 5.43. The normalized spacial score (nSPS) is 28.7. The van der Waals surface area contributed by atoms with Gasteiger partial charge >= 0.3 is 5.97 Å². The fraction of sp³-hybridized carbons (Fsp3) is 0.656. The average Bonchev–Trinajstić information content (AvgIpc) is 3.02. The maximum atomic E-state index is 13.5. The summed E-state index contributed by atoms with van der Waals surface area (Å²) in [6, 6.07) is 5.55. The van der Waals surface area contributed by atoms with Crippen LogP contribution in [0.4, 0.5) is 17.8 Å². The molecule has 4 saturated carbocycles. The van der Waals surface area contributed by atoms with Gasteiger partial charge in [0.15, 0.2) is 11.5 Å². The molecule has 1 aromatic carbocycles. The lowest BCUT2D eigenvalue weighted by Gasteiger charge is -2.55. The van der Waals surface area contributed by atoms with Gasteiger partial charge in [0, 0.05) is 26.2 Å². The molecule has 0 radical (unpaired) electrons. The van der Waals surface area contributed by atoms with E-state index in [0.29, 0.717) is 35.2 Å². The Bertz CT molecular complexity index is 1250. The van der Waals surface area contributed by atoms with Crippen LogP contribution in [0.5, 0.6) is 11.5 Å². The number of ether oxygens (including phenoxy) is 2. The lowest BCUT2D eigenvalue weighted by atomic mass is 9.49. The van der Waals surface area contributed by atoms with E-state index >= 15 is 0 Å². The Morgan fingerprint density at radius 2 is 1.43 bits per heavy atom. The first kappa shape index (κ1) is 27.4. The molecule has 2 aliphatic heterocycles. The molecule has 4 bridgehead atoms. The zero-order valence-corrected chi connectivity index (χ0v) is 24.8. The summed E-state index contributed by atoms with van der Waals surface area (Å²) in [6.45, 7) is 3.86. The lowest BCUT2D eigenvalue weighted by Crippen LogP contribution is -2.51. The third-order valence-electron chi connectivity index (χ3n) is 10.1. The summed E-state index contributed by atoms with van der Waals surface area (Å²) in [7, 11) is 1.60. The number of hydrogen-bond acceptors (Lipinski definition) is 10. The number of nitrogens with one attached hydrogen (secondary N) is 1. The number of piperidine rings is 2. The zero-order valence-electron chi connectivity index (χ0n) is 24.8. The highest BCUT2D eigenvalue weighted by Crippen LogP contribution is 2.60. The van der Waals surface area contributed by atoms with E-state index in [0.717, 1.165) is 88.6 Å².